The van der Waals surface area contributed by atoms with Crippen molar-refractivity contribution >= 4 is 21.6 Å². The first kappa shape index (κ1) is 21.0. The summed E-state index contributed by atoms with van der Waals surface area (Å²) in [5, 5.41) is 7.11. The zero-order valence-electron chi connectivity index (χ0n) is 17.0. The molecule has 2 aliphatic heterocycles. The quantitative estimate of drug-likeness (QED) is 0.758. The molecule has 2 aliphatic rings. The van der Waals surface area contributed by atoms with Crippen molar-refractivity contribution in [1.29, 1.82) is 0 Å². The van der Waals surface area contributed by atoms with Gasteiger partial charge in [0.2, 0.25) is 10.0 Å². The topological polar surface area (TPSA) is 93.5 Å². The molecular weight excluding hydrogens is 404 g/mol. The number of benzene rings is 1. The minimum absolute atomic E-state index is 0.164. The Balaban J connectivity index is 1.37. The summed E-state index contributed by atoms with van der Waals surface area (Å²) in [4.78, 5) is 12.8. The lowest BCUT2D eigenvalue weighted by atomic mass is 10.1. The lowest BCUT2D eigenvalue weighted by Crippen LogP contribution is -2.35. The van der Waals surface area contributed by atoms with Gasteiger partial charge in [0.1, 0.15) is 0 Å². The van der Waals surface area contributed by atoms with Crippen molar-refractivity contribution in [1.82, 2.24) is 14.1 Å². The molecule has 2 aromatic rings. The summed E-state index contributed by atoms with van der Waals surface area (Å²) in [6.07, 6.45) is 9.69. The van der Waals surface area contributed by atoms with Crippen molar-refractivity contribution in [3.8, 4) is 0 Å². The van der Waals surface area contributed by atoms with Crippen LogP contribution in [0.25, 0.3) is 0 Å². The predicted molar refractivity (Wildman–Crippen MR) is 113 cm³/mol. The number of rotatable bonds is 6. The Morgan fingerprint density at radius 1 is 1.10 bits per heavy atom. The van der Waals surface area contributed by atoms with E-state index in [9.17, 15) is 13.2 Å². The number of ether oxygens (including phenoxy) is 1. The Morgan fingerprint density at radius 2 is 1.87 bits per heavy atom. The van der Waals surface area contributed by atoms with Gasteiger partial charge in [0.05, 0.1) is 29.4 Å². The van der Waals surface area contributed by atoms with Gasteiger partial charge in [0, 0.05) is 31.5 Å². The number of nitrogens with zero attached hydrogens (tertiary/aromatic N) is 3. The van der Waals surface area contributed by atoms with Gasteiger partial charge in [0.15, 0.2) is 0 Å². The van der Waals surface area contributed by atoms with E-state index in [1.807, 2.05) is 0 Å². The molecule has 1 N–H and O–H groups in total. The van der Waals surface area contributed by atoms with Crippen LogP contribution in [0.1, 0.15) is 48.9 Å². The molecule has 8 nitrogen and oxygen atoms in total. The van der Waals surface area contributed by atoms with Crippen LogP contribution in [0.5, 0.6) is 0 Å². The average Bonchev–Trinajstić information content (AvgIpc) is 3.21. The molecule has 0 spiro atoms. The summed E-state index contributed by atoms with van der Waals surface area (Å²) >= 11 is 0. The van der Waals surface area contributed by atoms with Crippen molar-refractivity contribution < 1.29 is 17.9 Å². The molecule has 1 aromatic heterocycles. The van der Waals surface area contributed by atoms with E-state index in [2.05, 4.69) is 10.4 Å². The van der Waals surface area contributed by atoms with E-state index in [1.54, 1.807) is 29.2 Å². The summed E-state index contributed by atoms with van der Waals surface area (Å²) in [5.74, 6) is -0.301. The van der Waals surface area contributed by atoms with Crippen LogP contribution in [0.3, 0.4) is 0 Å². The zero-order valence-corrected chi connectivity index (χ0v) is 17.8. The lowest BCUT2D eigenvalue weighted by Gasteiger charge is -2.25. The third-order valence-electron chi connectivity index (χ3n) is 5.63. The number of amides is 1. The van der Waals surface area contributed by atoms with Gasteiger partial charge in [-0.2, -0.15) is 9.40 Å². The first-order chi connectivity index (χ1) is 14.5. The number of carbonyl (C=O) groups is 1. The number of aromatic nitrogens is 2. The van der Waals surface area contributed by atoms with Crippen LogP contribution in [-0.4, -0.2) is 54.2 Å². The van der Waals surface area contributed by atoms with Gasteiger partial charge in [-0.15, -0.1) is 0 Å². The second kappa shape index (κ2) is 9.28. The molecule has 0 radical (unpaired) electrons. The standard InChI is InChI=1S/C21H28N4O4S/c26-21(23-18-14-22-24(15-18)16-19-6-2-5-13-29-19)17-7-9-20(10-8-17)30(27,28)25-11-3-1-4-12-25/h7-10,14-15,19H,1-6,11-13,16H2,(H,23,26). The van der Waals surface area contributed by atoms with Crippen molar-refractivity contribution in [2.24, 2.45) is 0 Å². The summed E-state index contributed by atoms with van der Waals surface area (Å²) in [6, 6.07) is 6.10. The molecule has 1 atom stereocenters. The van der Waals surface area contributed by atoms with Gasteiger partial charge in [-0.25, -0.2) is 8.42 Å². The molecule has 3 heterocycles. The maximum Gasteiger partial charge on any atom is 0.255 e. The highest BCUT2D eigenvalue weighted by Gasteiger charge is 2.26. The number of hydrogen-bond donors (Lipinski definition) is 1. The highest BCUT2D eigenvalue weighted by molar-refractivity contribution is 7.89. The SMILES string of the molecule is O=C(Nc1cnn(CC2CCCCO2)c1)c1ccc(S(=O)(=O)N2CCCCC2)cc1. The molecule has 1 aromatic carbocycles. The van der Waals surface area contributed by atoms with Crippen LogP contribution in [0.15, 0.2) is 41.6 Å². The average molecular weight is 433 g/mol. The smallest absolute Gasteiger partial charge is 0.255 e. The highest BCUT2D eigenvalue weighted by Crippen LogP contribution is 2.21. The van der Waals surface area contributed by atoms with Crippen LogP contribution in [0.2, 0.25) is 0 Å². The van der Waals surface area contributed by atoms with Crippen LogP contribution in [-0.2, 0) is 21.3 Å². The van der Waals surface area contributed by atoms with Gasteiger partial charge < -0.3 is 10.1 Å². The molecule has 2 fully saturated rings. The van der Waals surface area contributed by atoms with E-state index >= 15 is 0 Å². The molecule has 0 aliphatic carbocycles. The molecule has 4 rings (SSSR count). The van der Waals surface area contributed by atoms with Gasteiger partial charge in [0.25, 0.3) is 5.91 Å². The summed E-state index contributed by atoms with van der Waals surface area (Å²) in [7, 11) is -3.50. The largest absolute Gasteiger partial charge is 0.376 e. The maximum atomic E-state index is 12.7. The second-order valence-corrected chi connectivity index (χ2v) is 9.82. The number of anilines is 1. The fourth-order valence-electron chi connectivity index (χ4n) is 3.92. The lowest BCUT2D eigenvalue weighted by molar-refractivity contribution is 0.00400. The normalized spacial score (nSPS) is 20.7. The van der Waals surface area contributed by atoms with Crippen molar-refractivity contribution in [3.63, 3.8) is 0 Å². The van der Waals surface area contributed by atoms with E-state index < -0.39 is 10.0 Å². The summed E-state index contributed by atoms with van der Waals surface area (Å²) in [5.41, 5.74) is 0.997. The molecule has 30 heavy (non-hydrogen) atoms. The van der Waals surface area contributed by atoms with Crippen LogP contribution >= 0.6 is 0 Å². The van der Waals surface area contributed by atoms with Gasteiger partial charge in [-0.1, -0.05) is 6.42 Å². The third kappa shape index (κ3) is 4.91. The molecule has 9 heteroatoms. The number of nitrogens with one attached hydrogen (secondary N) is 1. The first-order valence-electron chi connectivity index (χ1n) is 10.6. The van der Waals surface area contributed by atoms with E-state index in [4.69, 9.17) is 4.74 Å². The van der Waals surface area contributed by atoms with Crippen molar-refractivity contribution in [2.45, 2.75) is 56.1 Å². The maximum absolute atomic E-state index is 12.7. The van der Waals surface area contributed by atoms with E-state index in [0.717, 1.165) is 38.7 Å². The molecule has 2 saturated heterocycles. The molecule has 1 unspecified atom stereocenters. The van der Waals surface area contributed by atoms with Crippen molar-refractivity contribution in [3.05, 3.63) is 42.2 Å². The monoisotopic (exact) mass is 432 g/mol. The van der Waals surface area contributed by atoms with Crippen LogP contribution < -0.4 is 5.32 Å². The Labute approximate surface area is 177 Å². The minimum Gasteiger partial charge on any atom is -0.376 e. The second-order valence-electron chi connectivity index (χ2n) is 7.88. The first-order valence-corrected chi connectivity index (χ1v) is 12.0. The Morgan fingerprint density at radius 3 is 2.57 bits per heavy atom. The molecule has 1 amide bonds. The number of carbonyl (C=O) groups excluding carboxylic acids is 1. The third-order valence-corrected chi connectivity index (χ3v) is 7.54. The zero-order chi connectivity index (χ0) is 21.0. The Bertz CT molecular complexity index is 959. The summed E-state index contributed by atoms with van der Waals surface area (Å²) in [6.45, 7) is 2.57. The molecular formula is C21H28N4O4S. The van der Waals surface area contributed by atoms with Crippen molar-refractivity contribution in [2.75, 3.05) is 25.0 Å². The van der Waals surface area contributed by atoms with Crippen LogP contribution in [0, 0.1) is 0 Å². The van der Waals surface area contributed by atoms with E-state index in [0.29, 0.717) is 30.9 Å². The summed E-state index contributed by atoms with van der Waals surface area (Å²) < 4.78 is 34.5. The molecule has 0 saturated carbocycles. The predicted octanol–water partition coefficient (Wildman–Crippen LogP) is 2.88. The number of sulfonamides is 1. The Kier molecular flexibility index (Phi) is 6.50. The number of piperidine rings is 1. The Hall–Kier alpha value is -2.23. The fourth-order valence-corrected chi connectivity index (χ4v) is 5.44. The van der Waals surface area contributed by atoms with E-state index in [1.165, 1.54) is 22.9 Å². The van der Waals surface area contributed by atoms with E-state index in [-0.39, 0.29) is 16.9 Å². The fraction of sp³-hybridized carbons (Fsp3) is 0.524. The highest BCUT2D eigenvalue weighted by atomic mass is 32.2. The number of hydrogen-bond acceptors (Lipinski definition) is 5. The minimum atomic E-state index is -3.50. The van der Waals surface area contributed by atoms with Gasteiger partial charge in [-0.05, 0) is 56.4 Å². The molecule has 0 bridgehead atoms. The molecule has 162 valence electrons. The van der Waals surface area contributed by atoms with Crippen LogP contribution in [0.4, 0.5) is 5.69 Å². The van der Waals surface area contributed by atoms with Gasteiger partial charge >= 0.3 is 0 Å². The van der Waals surface area contributed by atoms with Gasteiger partial charge in [-0.3, -0.25) is 9.48 Å².